The standard InChI is InChI=1S/C16H34N2O/c1-6-8-13-18(7-2)15(19)10-9-14(11-12-17)16(3,4)5/h14H,6-13,17H2,1-5H3. The van der Waals surface area contributed by atoms with E-state index in [2.05, 4.69) is 34.6 Å². The fourth-order valence-electron chi connectivity index (χ4n) is 2.48. The van der Waals surface area contributed by atoms with Gasteiger partial charge in [-0.15, -0.1) is 0 Å². The molecule has 0 aliphatic carbocycles. The fourth-order valence-corrected chi connectivity index (χ4v) is 2.48. The zero-order valence-corrected chi connectivity index (χ0v) is 13.7. The lowest BCUT2D eigenvalue weighted by Gasteiger charge is -2.31. The predicted octanol–water partition coefficient (Wildman–Crippen LogP) is 3.43. The van der Waals surface area contributed by atoms with Gasteiger partial charge in [-0.2, -0.15) is 0 Å². The summed E-state index contributed by atoms with van der Waals surface area (Å²) < 4.78 is 0. The van der Waals surface area contributed by atoms with Crippen LogP contribution in [0.1, 0.15) is 66.7 Å². The van der Waals surface area contributed by atoms with E-state index >= 15 is 0 Å². The number of hydrogen-bond acceptors (Lipinski definition) is 2. The molecule has 0 saturated heterocycles. The summed E-state index contributed by atoms with van der Waals surface area (Å²) in [6.07, 6.45) is 4.88. The van der Waals surface area contributed by atoms with Crippen LogP contribution in [-0.4, -0.2) is 30.4 Å². The van der Waals surface area contributed by atoms with Crippen molar-refractivity contribution in [2.45, 2.75) is 66.7 Å². The fraction of sp³-hybridized carbons (Fsp3) is 0.938. The molecule has 0 bridgehead atoms. The van der Waals surface area contributed by atoms with Crippen molar-refractivity contribution in [3.05, 3.63) is 0 Å². The van der Waals surface area contributed by atoms with Gasteiger partial charge < -0.3 is 10.6 Å². The van der Waals surface area contributed by atoms with Gasteiger partial charge >= 0.3 is 0 Å². The van der Waals surface area contributed by atoms with E-state index in [1.807, 2.05) is 4.90 Å². The second-order valence-electron chi connectivity index (χ2n) is 6.51. The van der Waals surface area contributed by atoms with Gasteiger partial charge in [-0.05, 0) is 44.1 Å². The van der Waals surface area contributed by atoms with Crippen LogP contribution in [0, 0.1) is 11.3 Å². The third-order valence-electron chi connectivity index (χ3n) is 3.96. The van der Waals surface area contributed by atoms with Gasteiger partial charge in [0.05, 0.1) is 0 Å². The molecule has 2 N–H and O–H groups in total. The van der Waals surface area contributed by atoms with Gasteiger partial charge in [-0.25, -0.2) is 0 Å². The van der Waals surface area contributed by atoms with Crippen molar-refractivity contribution in [3.8, 4) is 0 Å². The molecule has 1 amide bonds. The smallest absolute Gasteiger partial charge is 0.222 e. The van der Waals surface area contributed by atoms with Crippen LogP contribution in [0.3, 0.4) is 0 Å². The summed E-state index contributed by atoms with van der Waals surface area (Å²) in [7, 11) is 0. The molecule has 0 aliphatic rings. The van der Waals surface area contributed by atoms with Crippen LogP contribution >= 0.6 is 0 Å². The molecule has 3 heteroatoms. The molecule has 19 heavy (non-hydrogen) atoms. The molecule has 3 nitrogen and oxygen atoms in total. The van der Waals surface area contributed by atoms with Crippen LogP contribution in [0.25, 0.3) is 0 Å². The highest BCUT2D eigenvalue weighted by molar-refractivity contribution is 5.76. The topological polar surface area (TPSA) is 46.3 Å². The van der Waals surface area contributed by atoms with Gasteiger partial charge in [0.25, 0.3) is 0 Å². The number of amides is 1. The second-order valence-corrected chi connectivity index (χ2v) is 6.51. The van der Waals surface area contributed by atoms with Crippen LogP contribution < -0.4 is 5.73 Å². The van der Waals surface area contributed by atoms with Gasteiger partial charge in [0.15, 0.2) is 0 Å². The molecule has 0 heterocycles. The number of nitrogens with zero attached hydrogens (tertiary/aromatic N) is 1. The van der Waals surface area contributed by atoms with E-state index in [9.17, 15) is 4.79 Å². The van der Waals surface area contributed by atoms with Crippen LogP contribution in [0.15, 0.2) is 0 Å². The Kier molecular flexibility index (Phi) is 9.07. The molecule has 0 spiro atoms. The lowest BCUT2D eigenvalue weighted by atomic mass is 9.76. The Hall–Kier alpha value is -0.570. The van der Waals surface area contributed by atoms with Crippen molar-refractivity contribution >= 4 is 5.91 Å². The van der Waals surface area contributed by atoms with Gasteiger partial charge in [0.1, 0.15) is 0 Å². The number of unbranched alkanes of at least 4 members (excludes halogenated alkanes) is 1. The average Bonchev–Trinajstić information content (AvgIpc) is 2.33. The number of carbonyl (C=O) groups excluding carboxylic acids is 1. The number of carbonyl (C=O) groups is 1. The Balaban J connectivity index is 4.29. The first-order valence-electron chi connectivity index (χ1n) is 7.84. The Labute approximate surface area is 119 Å². The molecule has 1 atom stereocenters. The minimum absolute atomic E-state index is 0.236. The lowest BCUT2D eigenvalue weighted by Crippen LogP contribution is -2.33. The van der Waals surface area contributed by atoms with Crippen molar-refractivity contribution in [2.24, 2.45) is 17.1 Å². The third kappa shape index (κ3) is 7.56. The van der Waals surface area contributed by atoms with Gasteiger partial charge in [0.2, 0.25) is 5.91 Å². The normalized spacial score (nSPS) is 13.4. The zero-order valence-electron chi connectivity index (χ0n) is 13.7. The van der Waals surface area contributed by atoms with Crippen molar-refractivity contribution in [3.63, 3.8) is 0 Å². The Bertz CT molecular complexity index is 246. The number of nitrogens with two attached hydrogens (primary N) is 1. The summed E-state index contributed by atoms with van der Waals surface area (Å²) in [5.74, 6) is 0.841. The molecule has 114 valence electrons. The highest BCUT2D eigenvalue weighted by Crippen LogP contribution is 2.32. The number of rotatable bonds is 9. The van der Waals surface area contributed by atoms with Crippen molar-refractivity contribution in [2.75, 3.05) is 19.6 Å². The Morgan fingerprint density at radius 3 is 2.26 bits per heavy atom. The summed E-state index contributed by atoms with van der Waals surface area (Å²) in [6, 6.07) is 0. The largest absolute Gasteiger partial charge is 0.343 e. The van der Waals surface area contributed by atoms with Crippen LogP contribution in [-0.2, 0) is 4.79 Å². The molecule has 0 aliphatic heterocycles. The summed E-state index contributed by atoms with van der Waals surface area (Å²) in [4.78, 5) is 14.2. The average molecular weight is 270 g/mol. The lowest BCUT2D eigenvalue weighted by molar-refractivity contribution is -0.131. The zero-order chi connectivity index (χ0) is 14.9. The molecular formula is C16H34N2O. The quantitative estimate of drug-likeness (QED) is 0.697. The first kappa shape index (κ1) is 18.4. The summed E-state index contributed by atoms with van der Waals surface area (Å²) in [5, 5.41) is 0. The van der Waals surface area contributed by atoms with Crippen LogP contribution in [0.2, 0.25) is 0 Å². The molecule has 0 fully saturated rings. The van der Waals surface area contributed by atoms with E-state index in [4.69, 9.17) is 5.73 Å². The highest BCUT2D eigenvalue weighted by Gasteiger charge is 2.25. The predicted molar refractivity (Wildman–Crippen MR) is 83.0 cm³/mol. The minimum atomic E-state index is 0.236. The third-order valence-corrected chi connectivity index (χ3v) is 3.96. The van der Waals surface area contributed by atoms with E-state index in [1.54, 1.807) is 0 Å². The molecule has 0 radical (unpaired) electrons. The molecule has 0 aromatic carbocycles. The summed E-state index contributed by atoms with van der Waals surface area (Å²) in [6.45, 7) is 13.4. The van der Waals surface area contributed by atoms with Gasteiger partial charge in [-0.3, -0.25) is 4.79 Å². The van der Waals surface area contributed by atoms with Gasteiger partial charge in [0, 0.05) is 19.5 Å². The van der Waals surface area contributed by atoms with Crippen molar-refractivity contribution < 1.29 is 4.79 Å². The van der Waals surface area contributed by atoms with E-state index in [0.717, 1.165) is 38.8 Å². The molecular weight excluding hydrogens is 236 g/mol. The molecule has 0 rings (SSSR count). The van der Waals surface area contributed by atoms with E-state index in [0.29, 0.717) is 24.8 Å². The molecule has 1 unspecified atom stereocenters. The summed E-state index contributed by atoms with van der Waals surface area (Å²) >= 11 is 0. The Morgan fingerprint density at radius 1 is 1.21 bits per heavy atom. The maximum absolute atomic E-state index is 12.2. The van der Waals surface area contributed by atoms with E-state index in [1.165, 1.54) is 0 Å². The van der Waals surface area contributed by atoms with Crippen molar-refractivity contribution in [1.29, 1.82) is 0 Å². The van der Waals surface area contributed by atoms with E-state index in [-0.39, 0.29) is 5.41 Å². The van der Waals surface area contributed by atoms with Crippen LogP contribution in [0.5, 0.6) is 0 Å². The van der Waals surface area contributed by atoms with Gasteiger partial charge in [-0.1, -0.05) is 34.1 Å². The SMILES string of the molecule is CCCCN(CC)C(=O)CCC(CCN)C(C)(C)C. The first-order valence-corrected chi connectivity index (χ1v) is 7.84. The maximum Gasteiger partial charge on any atom is 0.222 e. The second kappa shape index (κ2) is 9.35. The molecule has 0 aromatic heterocycles. The monoisotopic (exact) mass is 270 g/mol. The number of hydrogen-bond donors (Lipinski definition) is 1. The van der Waals surface area contributed by atoms with E-state index < -0.39 is 0 Å². The summed E-state index contributed by atoms with van der Waals surface area (Å²) in [5.41, 5.74) is 5.93. The van der Waals surface area contributed by atoms with Crippen LogP contribution in [0.4, 0.5) is 0 Å². The minimum Gasteiger partial charge on any atom is -0.343 e. The molecule has 0 aromatic rings. The molecule has 0 saturated carbocycles. The van der Waals surface area contributed by atoms with Crippen molar-refractivity contribution in [1.82, 2.24) is 4.90 Å². The Morgan fingerprint density at radius 2 is 1.84 bits per heavy atom. The first-order chi connectivity index (χ1) is 8.86. The highest BCUT2D eigenvalue weighted by atomic mass is 16.2. The maximum atomic E-state index is 12.2.